The van der Waals surface area contributed by atoms with Crippen molar-refractivity contribution in [3.63, 3.8) is 0 Å². The summed E-state index contributed by atoms with van der Waals surface area (Å²) in [4.78, 5) is 23.0. The average Bonchev–Trinajstić information content (AvgIpc) is 3.39. The summed E-state index contributed by atoms with van der Waals surface area (Å²) >= 11 is 1.55. The van der Waals surface area contributed by atoms with Crippen LogP contribution in [-0.4, -0.2) is 48.6 Å². The molecule has 0 saturated carbocycles. The van der Waals surface area contributed by atoms with Crippen molar-refractivity contribution in [1.82, 2.24) is 9.88 Å². The molecular weight excluding hydrogens is 348 g/mol. The molecule has 6 nitrogen and oxygen atoms in total. The van der Waals surface area contributed by atoms with E-state index in [1.54, 1.807) is 29.7 Å². The first-order chi connectivity index (χ1) is 12.8. The molecule has 1 atom stereocenters. The van der Waals surface area contributed by atoms with Crippen molar-refractivity contribution in [2.24, 2.45) is 0 Å². The second-order valence-electron chi connectivity index (χ2n) is 6.47. The van der Waals surface area contributed by atoms with E-state index in [9.17, 15) is 10.1 Å². The number of thiophene rings is 1. The summed E-state index contributed by atoms with van der Waals surface area (Å²) in [6, 6.07) is 9.68. The lowest BCUT2D eigenvalue weighted by molar-refractivity contribution is 0.0751. The van der Waals surface area contributed by atoms with Crippen molar-refractivity contribution in [3.05, 3.63) is 45.8 Å². The van der Waals surface area contributed by atoms with Crippen molar-refractivity contribution < 1.29 is 9.53 Å². The number of hydrogen-bond acceptors (Lipinski definition) is 6. The van der Waals surface area contributed by atoms with Gasteiger partial charge in [0.1, 0.15) is 11.9 Å². The van der Waals surface area contributed by atoms with Crippen molar-refractivity contribution in [1.29, 1.82) is 5.26 Å². The van der Waals surface area contributed by atoms with Gasteiger partial charge < -0.3 is 14.5 Å². The zero-order valence-corrected chi connectivity index (χ0v) is 15.2. The van der Waals surface area contributed by atoms with E-state index < -0.39 is 0 Å². The van der Waals surface area contributed by atoms with Gasteiger partial charge >= 0.3 is 0 Å². The fraction of sp³-hybridized carbons (Fsp3) is 0.421. The highest BCUT2D eigenvalue weighted by atomic mass is 32.1. The van der Waals surface area contributed by atoms with Gasteiger partial charge in [0.2, 0.25) is 0 Å². The summed E-state index contributed by atoms with van der Waals surface area (Å²) in [7, 11) is 0. The molecule has 0 unspecified atom stereocenters. The number of piperazine rings is 1. The van der Waals surface area contributed by atoms with Gasteiger partial charge in [-0.25, -0.2) is 4.98 Å². The Hall–Kier alpha value is -2.43. The summed E-state index contributed by atoms with van der Waals surface area (Å²) < 4.78 is 5.71. The Bertz CT molecular complexity index is 830. The quantitative estimate of drug-likeness (QED) is 0.833. The van der Waals surface area contributed by atoms with Crippen LogP contribution in [0, 0.1) is 11.3 Å². The smallest absolute Gasteiger partial charge is 0.264 e. The zero-order valence-electron chi connectivity index (χ0n) is 14.4. The Labute approximate surface area is 156 Å². The van der Waals surface area contributed by atoms with Crippen LogP contribution in [0.25, 0.3) is 0 Å². The molecule has 2 aromatic heterocycles. The maximum Gasteiger partial charge on any atom is 0.264 e. The van der Waals surface area contributed by atoms with Gasteiger partial charge in [-0.1, -0.05) is 0 Å². The monoisotopic (exact) mass is 368 g/mol. The summed E-state index contributed by atoms with van der Waals surface area (Å²) in [6.07, 6.45) is 3.99. The number of hydrogen-bond donors (Lipinski definition) is 0. The molecule has 4 heterocycles. The van der Waals surface area contributed by atoms with Crippen LogP contribution >= 0.6 is 11.3 Å². The SMILES string of the molecule is N#Cc1cccnc1N1CCN(C(=O)c2ccc([C@@H]3CCCO3)s2)CC1. The van der Waals surface area contributed by atoms with Gasteiger partial charge in [-0.2, -0.15) is 5.26 Å². The van der Waals surface area contributed by atoms with Gasteiger partial charge in [0.15, 0.2) is 0 Å². The Morgan fingerprint density at radius 2 is 2.12 bits per heavy atom. The predicted octanol–water partition coefficient (Wildman–Crippen LogP) is 2.83. The van der Waals surface area contributed by atoms with Crippen LogP contribution < -0.4 is 4.90 Å². The number of ether oxygens (including phenoxy) is 1. The number of pyridine rings is 1. The number of nitrogens with zero attached hydrogens (tertiary/aromatic N) is 4. The third-order valence-corrected chi connectivity index (χ3v) is 6.02. The van der Waals surface area contributed by atoms with Gasteiger partial charge in [0, 0.05) is 43.9 Å². The maximum absolute atomic E-state index is 12.8. The molecule has 4 rings (SSSR count). The lowest BCUT2D eigenvalue weighted by Gasteiger charge is -2.35. The van der Waals surface area contributed by atoms with Crippen molar-refractivity contribution >= 4 is 23.1 Å². The average molecular weight is 368 g/mol. The minimum atomic E-state index is 0.0837. The van der Waals surface area contributed by atoms with E-state index in [2.05, 4.69) is 16.0 Å². The van der Waals surface area contributed by atoms with Gasteiger partial charge in [-0.3, -0.25) is 4.79 Å². The van der Waals surface area contributed by atoms with Gasteiger partial charge in [0.05, 0.1) is 16.5 Å². The van der Waals surface area contributed by atoms with Crippen molar-refractivity contribution in [2.75, 3.05) is 37.7 Å². The molecule has 2 aliphatic heterocycles. The Morgan fingerprint density at radius 3 is 2.85 bits per heavy atom. The summed E-state index contributed by atoms with van der Waals surface area (Å²) in [5, 5.41) is 9.24. The minimum Gasteiger partial charge on any atom is -0.373 e. The van der Waals surface area contributed by atoms with E-state index in [1.165, 1.54) is 0 Å². The van der Waals surface area contributed by atoms with E-state index in [0.717, 1.165) is 29.2 Å². The number of aromatic nitrogens is 1. The van der Waals surface area contributed by atoms with Gasteiger partial charge in [-0.05, 0) is 37.1 Å². The van der Waals surface area contributed by atoms with Crippen molar-refractivity contribution in [2.45, 2.75) is 18.9 Å². The zero-order chi connectivity index (χ0) is 17.9. The van der Waals surface area contributed by atoms with E-state index in [0.29, 0.717) is 37.6 Å². The molecule has 0 bridgehead atoms. The van der Waals surface area contributed by atoms with Crippen LogP contribution in [0.5, 0.6) is 0 Å². The molecule has 0 aromatic carbocycles. The van der Waals surface area contributed by atoms with E-state index in [-0.39, 0.29) is 12.0 Å². The standard InChI is InChI=1S/C19H20N4O2S/c20-13-14-3-1-7-21-18(14)22-8-10-23(11-9-22)19(24)17-6-5-16(26-17)15-4-2-12-25-15/h1,3,5-7,15H,2,4,8-12H2/t15-/m0/s1. The second kappa shape index (κ2) is 7.44. The lowest BCUT2D eigenvalue weighted by atomic mass is 10.2. The van der Waals surface area contributed by atoms with Crippen LogP contribution in [0.4, 0.5) is 5.82 Å². The molecule has 0 N–H and O–H groups in total. The van der Waals surface area contributed by atoms with Crippen LogP contribution in [0.2, 0.25) is 0 Å². The fourth-order valence-electron chi connectivity index (χ4n) is 3.46. The molecule has 2 fully saturated rings. The van der Waals surface area contributed by atoms with Crippen LogP contribution in [0.3, 0.4) is 0 Å². The molecule has 2 saturated heterocycles. The molecule has 0 radical (unpaired) electrons. The van der Waals surface area contributed by atoms with Gasteiger partial charge in [-0.15, -0.1) is 11.3 Å². The van der Waals surface area contributed by atoms with Gasteiger partial charge in [0.25, 0.3) is 5.91 Å². The Kier molecular flexibility index (Phi) is 4.87. The molecule has 1 amide bonds. The molecule has 0 aliphatic carbocycles. The lowest BCUT2D eigenvalue weighted by Crippen LogP contribution is -2.49. The number of amides is 1. The minimum absolute atomic E-state index is 0.0837. The normalized spacial score (nSPS) is 20.2. The second-order valence-corrected chi connectivity index (χ2v) is 7.58. The van der Waals surface area contributed by atoms with E-state index in [1.807, 2.05) is 17.0 Å². The Morgan fingerprint density at radius 1 is 1.27 bits per heavy atom. The molecule has 0 spiro atoms. The van der Waals surface area contributed by atoms with E-state index in [4.69, 9.17) is 4.74 Å². The highest BCUT2D eigenvalue weighted by molar-refractivity contribution is 7.14. The number of rotatable bonds is 3. The van der Waals surface area contributed by atoms with E-state index >= 15 is 0 Å². The molecule has 2 aliphatic rings. The van der Waals surface area contributed by atoms with Crippen LogP contribution in [0.1, 0.15) is 39.1 Å². The molecular formula is C19H20N4O2S. The first kappa shape index (κ1) is 17.0. The summed E-state index contributed by atoms with van der Waals surface area (Å²) in [5.74, 6) is 0.791. The van der Waals surface area contributed by atoms with Crippen molar-refractivity contribution in [3.8, 4) is 6.07 Å². The summed E-state index contributed by atoms with van der Waals surface area (Å²) in [6.45, 7) is 3.44. The molecule has 2 aromatic rings. The number of nitriles is 1. The number of carbonyl (C=O) groups is 1. The Balaban J connectivity index is 1.40. The molecule has 26 heavy (non-hydrogen) atoms. The molecule has 134 valence electrons. The van der Waals surface area contributed by atoms with Crippen LogP contribution in [-0.2, 0) is 4.74 Å². The third-order valence-electron chi connectivity index (χ3n) is 4.86. The highest BCUT2D eigenvalue weighted by Crippen LogP contribution is 2.33. The maximum atomic E-state index is 12.8. The predicted molar refractivity (Wildman–Crippen MR) is 99.3 cm³/mol. The first-order valence-electron chi connectivity index (χ1n) is 8.87. The largest absolute Gasteiger partial charge is 0.373 e. The third kappa shape index (κ3) is 3.30. The van der Waals surface area contributed by atoms with Crippen LogP contribution in [0.15, 0.2) is 30.5 Å². The fourth-order valence-corrected chi connectivity index (χ4v) is 4.52. The number of carbonyl (C=O) groups excluding carboxylic acids is 1. The topological polar surface area (TPSA) is 69.5 Å². The first-order valence-corrected chi connectivity index (χ1v) is 9.68. The molecule has 7 heteroatoms. The summed E-state index contributed by atoms with van der Waals surface area (Å²) in [5.41, 5.74) is 0.576. The number of anilines is 1. The highest BCUT2D eigenvalue weighted by Gasteiger charge is 2.26.